The van der Waals surface area contributed by atoms with E-state index in [-0.39, 0.29) is 10.6 Å². The number of para-hydroxylation sites is 1. The van der Waals surface area contributed by atoms with Crippen LogP contribution in [0.3, 0.4) is 0 Å². The Morgan fingerprint density at radius 2 is 1.88 bits per heavy atom. The molecule has 0 bridgehead atoms. The van der Waals surface area contributed by atoms with Gasteiger partial charge < -0.3 is 10.2 Å². The van der Waals surface area contributed by atoms with Crippen molar-refractivity contribution in [3.8, 4) is 0 Å². The Balaban J connectivity index is 1.46. The van der Waals surface area contributed by atoms with E-state index in [1.807, 2.05) is 6.07 Å². The molecule has 0 atom stereocenters. The Kier molecular flexibility index (Phi) is 5.37. The highest BCUT2D eigenvalue weighted by molar-refractivity contribution is 6.32. The number of hydrogen-bond acceptors (Lipinski definition) is 5. The maximum atomic E-state index is 11.7. The van der Waals surface area contributed by atoms with E-state index in [4.69, 9.17) is 11.6 Å². The van der Waals surface area contributed by atoms with E-state index in [9.17, 15) is 4.79 Å². The van der Waals surface area contributed by atoms with Gasteiger partial charge in [-0.15, -0.1) is 0 Å². The van der Waals surface area contributed by atoms with Crippen molar-refractivity contribution in [3.05, 3.63) is 51.9 Å². The second-order valence-electron chi connectivity index (χ2n) is 5.89. The summed E-state index contributed by atoms with van der Waals surface area (Å²) in [6.45, 7) is 5.75. The van der Waals surface area contributed by atoms with Gasteiger partial charge in [-0.25, -0.2) is 4.68 Å². The van der Waals surface area contributed by atoms with Gasteiger partial charge in [0.2, 0.25) is 0 Å². The van der Waals surface area contributed by atoms with E-state index in [0.29, 0.717) is 5.69 Å². The molecule has 1 aromatic carbocycles. The third-order valence-electron chi connectivity index (χ3n) is 4.32. The van der Waals surface area contributed by atoms with Crippen molar-refractivity contribution < 1.29 is 0 Å². The molecule has 6 nitrogen and oxygen atoms in total. The topological polar surface area (TPSA) is 53.4 Å². The van der Waals surface area contributed by atoms with Gasteiger partial charge in [0.05, 0.1) is 11.9 Å². The quantitative estimate of drug-likeness (QED) is 0.891. The largest absolute Gasteiger partial charge is 0.381 e. The van der Waals surface area contributed by atoms with Crippen molar-refractivity contribution in [1.29, 1.82) is 0 Å². The minimum absolute atomic E-state index is 0.196. The minimum Gasteiger partial charge on any atom is -0.381 e. The number of halogens is 1. The summed E-state index contributed by atoms with van der Waals surface area (Å²) >= 11 is 6.05. The number of rotatable bonds is 5. The molecule has 3 rings (SSSR count). The average Bonchev–Trinajstić information content (AvgIpc) is 2.63. The van der Waals surface area contributed by atoms with Gasteiger partial charge in [0, 0.05) is 52.0 Å². The number of piperazine rings is 1. The van der Waals surface area contributed by atoms with Crippen molar-refractivity contribution >= 4 is 23.0 Å². The van der Waals surface area contributed by atoms with E-state index in [1.165, 1.54) is 10.4 Å². The first-order valence-electron chi connectivity index (χ1n) is 8.13. The first kappa shape index (κ1) is 16.8. The molecule has 24 heavy (non-hydrogen) atoms. The lowest BCUT2D eigenvalue weighted by molar-refractivity contribution is 0.267. The molecule has 0 unspecified atom stereocenters. The fourth-order valence-electron chi connectivity index (χ4n) is 2.85. The fourth-order valence-corrected chi connectivity index (χ4v) is 3.09. The van der Waals surface area contributed by atoms with Gasteiger partial charge in [0.15, 0.2) is 0 Å². The van der Waals surface area contributed by atoms with Gasteiger partial charge >= 0.3 is 0 Å². The van der Waals surface area contributed by atoms with E-state index in [0.717, 1.165) is 39.3 Å². The fraction of sp³-hybridized carbons (Fsp3) is 0.412. The molecule has 2 heterocycles. The van der Waals surface area contributed by atoms with Crippen LogP contribution >= 0.6 is 11.6 Å². The molecule has 1 saturated heterocycles. The smallest absolute Gasteiger partial charge is 0.287 e. The minimum atomic E-state index is -0.279. The van der Waals surface area contributed by atoms with Crippen molar-refractivity contribution in [2.75, 3.05) is 49.5 Å². The zero-order chi connectivity index (χ0) is 16.9. The summed E-state index contributed by atoms with van der Waals surface area (Å²) in [5, 5.41) is 7.39. The van der Waals surface area contributed by atoms with Crippen LogP contribution in [0.2, 0.25) is 5.02 Å². The highest BCUT2D eigenvalue weighted by Crippen LogP contribution is 2.16. The van der Waals surface area contributed by atoms with Crippen LogP contribution in [0, 0.1) is 0 Å². The standard InChI is InChI=1S/C17H22ClN5O/c1-21-17(24)16(18)15(13-20-21)19-7-8-22-9-11-23(12-10-22)14-5-3-2-4-6-14/h2-6,13,19H,7-12H2,1H3. The number of aromatic nitrogens is 2. The van der Waals surface area contributed by atoms with Crippen LogP contribution in [-0.2, 0) is 7.05 Å². The Morgan fingerprint density at radius 1 is 1.17 bits per heavy atom. The predicted molar refractivity (Wildman–Crippen MR) is 98.1 cm³/mol. The molecular weight excluding hydrogens is 326 g/mol. The number of nitrogens with zero attached hydrogens (tertiary/aromatic N) is 4. The van der Waals surface area contributed by atoms with E-state index >= 15 is 0 Å². The van der Waals surface area contributed by atoms with Crippen molar-refractivity contribution in [2.24, 2.45) is 7.05 Å². The molecule has 7 heteroatoms. The molecule has 1 aliphatic rings. The molecule has 1 aliphatic heterocycles. The van der Waals surface area contributed by atoms with Crippen LogP contribution in [0.5, 0.6) is 0 Å². The first-order chi connectivity index (χ1) is 11.6. The van der Waals surface area contributed by atoms with Crippen LogP contribution in [0.15, 0.2) is 41.3 Å². The normalized spacial score (nSPS) is 15.5. The van der Waals surface area contributed by atoms with Gasteiger partial charge in [-0.05, 0) is 12.1 Å². The summed E-state index contributed by atoms with van der Waals surface area (Å²) < 4.78 is 1.23. The highest BCUT2D eigenvalue weighted by atomic mass is 35.5. The number of nitrogens with one attached hydrogen (secondary N) is 1. The van der Waals surface area contributed by atoms with Gasteiger partial charge in [-0.1, -0.05) is 29.8 Å². The maximum Gasteiger partial charge on any atom is 0.287 e. The van der Waals surface area contributed by atoms with Gasteiger partial charge in [-0.3, -0.25) is 9.69 Å². The van der Waals surface area contributed by atoms with Crippen LogP contribution in [0.4, 0.5) is 11.4 Å². The molecule has 0 aliphatic carbocycles. The number of hydrogen-bond donors (Lipinski definition) is 1. The Morgan fingerprint density at radius 3 is 2.58 bits per heavy atom. The summed E-state index contributed by atoms with van der Waals surface area (Å²) in [6.07, 6.45) is 1.59. The van der Waals surface area contributed by atoms with E-state index < -0.39 is 0 Å². The second kappa shape index (κ2) is 7.68. The number of benzene rings is 1. The third-order valence-corrected chi connectivity index (χ3v) is 4.68. The average molecular weight is 348 g/mol. The zero-order valence-electron chi connectivity index (χ0n) is 13.8. The summed E-state index contributed by atoms with van der Waals surface area (Å²) in [4.78, 5) is 16.6. The van der Waals surface area contributed by atoms with Crippen LogP contribution in [0.1, 0.15) is 0 Å². The summed E-state index contributed by atoms with van der Waals surface area (Å²) in [5.74, 6) is 0. The molecule has 2 aromatic rings. The molecule has 128 valence electrons. The van der Waals surface area contributed by atoms with E-state index in [1.54, 1.807) is 13.2 Å². The van der Waals surface area contributed by atoms with Gasteiger partial charge in [-0.2, -0.15) is 5.10 Å². The van der Waals surface area contributed by atoms with Gasteiger partial charge in [0.25, 0.3) is 5.56 Å². The maximum absolute atomic E-state index is 11.7. The SMILES string of the molecule is Cn1ncc(NCCN2CCN(c3ccccc3)CC2)c(Cl)c1=O. The Hall–Kier alpha value is -2.05. The molecule has 1 fully saturated rings. The lowest BCUT2D eigenvalue weighted by Crippen LogP contribution is -2.47. The molecule has 1 N–H and O–H groups in total. The molecule has 1 aromatic heterocycles. The van der Waals surface area contributed by atoms with Crippen LogP contribution < -0.4 is 15.8 Å². The van der Waals surface area contributed by atoms with Crippen molar-refractivity contribution in [1.82, 2.24) is 14.7 Å². The first-order valence-corrected chi connectivity index (χ1v) is 8.51. The van der Waals surface area contributed by atoms with Crippen molar-refractivity contribution in [2.45, 2.75) is 0 Å². The molecular formula is C17H22ClN5O. The van der Waals surface area contributed by atoms with Crippen molar-refractivity contribution in [3.63, 3.8) is 0 Å². The van der Waals surface area contributed by atoms with Gasteiger partial charge in [0.1, 0.15) is 5.02 Å². The molecule has 0 saturated carbocycles. The molecule has 0 spiro atoms. The van der Waals surface area contributed by atoms with Crippen LogP contribution in [-0.4, -0.2) is 53.9 Å². The molecule has 0 amide bonds. The summed E-state index contributed by atoms with van der Waals surface area (Å²) in [7, 11) is 1.59. The monoisotopic (exact) mass is 347 g/mol. The predicted octanol–water partition coefficient (Wildman–Crippen LogP) is 1.67. The lowest BCUT2D eigenvalue weighted by atomic mass is 10.2. The Labute approximate surface area is 146 Å². The van der Waals surface area contributed by atoms with Crippen LogP contribution in [0.25, 0.3) is 0 Å². The van der Waals surface area contributed by atoms with E-state index in [2.05, 4.69) is 44.5 Å². The third kappa shape index (κ3) is 3.88. The summed E-state index contributed by atoms with van der Waals surface area (Å²) in [6, 6.07) is 10.5. The molecule has 0 radical (unpaired) electrons. The highest BCUT2D eigenvalue weighted by Gasteiger charge is 2.16. The lowest BCUT2D eigenvalue weighted by Gasteiger charge is -2.36. The second-order valence-corrected chi connectivity index (χ2v) is 6.27. The Bertz CT molecular complexity index is 726. The zero-order valence-corrected chi connectivity index (χ0v) is 14.5. The number of aryl methyl sites for hydroxylation is 1. The summed E-state index contributed by atoms with van der Waals surface area (Å²) in [5.41, 5.74) is 1.61. The number of anilines is 2.